The number of carbonyl (C=O) groups is 7. The molecule has 1 aromatic rings. The fourth-order valence-corrected chi connectivity index (χ4v) is 5.63. The highest BCUT2D eigenvalue weighted by Crippen LogP contribution is 2.14. The van der Waals surface area contributed by atoms with Gasteiger partial charge in [0.2, 0.25) is 35.4 Å². The first kappa shape index (κ1) is 47.0. The number of nitrogens with zero attached hydrogens (tertiary/aromatic N) is 1. The molecular weight excluding hydrogens is 723 g/mol. The predicted octanol–water partition coefficient (Wildman–Crippen LogP) is -2.28. The van der Waals surface area contributed by atoms with Gasteiger partial charge < -0.3 is 60.2 Å². The summed E-state index contributed by atoms with van der Waals surface area (Å²) in [6, 6.07) is -5.62. The number of hydrogen-bond donors (Lipinski definition) is 12. The number of carbonyl (C=O) groups excluding carboxylic acids is 7. The lowest BCUT2D eigenvalue weighted by molar-refractivity contribution is -0.134. The van der Waals surface area contributed by atoms with Crippen LogP contribution in [0.2, 0.25) is 0 Å². The van der Waals surface area contributed by atoms with E-state index in [4.69, 9.17) is 28.3 Å². The van der Waals surface area contributed by atoms with Gasteiger partial charge in [0.05, 0.1) is 6.54 Å². The van der Waals surface area contributed by atoms with Crippen LogP contribution in [0.1, 0.15) is 84.1 Å². The summed E-state index contributed by atoms with van der Waals surface area (Å²) in [5.74, 6) is -5.93. The highest BCUT2D eigenvalue weighted by atomic mass is 32.1. The summed E-state index contributed by atoms with van der Waals surface area (Å²) < 4.78 is 0. The molecule has 0 fully saturated rings. The number of guanidine groups is 1. The Morgan fingerprint density at radius 1 is 0.778 bits per heavy atom. The van der Waals surface area contributed by atoms with Crippen molar-refractivity contribution in [3.63, 3.8) is 0 Å². The van der Waals surface area contributed by atoms with E-state index >= 15 is 0 Å². The fraction of sp³-hybridized carbons (Fsp3) is 0.667. The SMILES string of the molecule is CCC(C)[C@H](NC(=O)[C@H](CC(C)C)NC(=O)c1csc(N)n1)C(=O)NCC(=O)N[C@@H](CNC(=N)N)C(=O)N[C@@H](CC(C)C)C(=O)N[C@@H](CCCN)C(N)=O. The molecule has 1 unspecified atom stereocenters. The molecule has 1 heterocycles. The Labute approximate surface area is 319 Å². The molecule has 0 aliphatic carbocycles. The Balaban J connectivity index is 3.08. The second-order valence-electron chi connectivity index (χ2n) is 13.8. The van der Waals surface area contributed by atoms with Crippen LogP contribution in [0.25, 0.3) is 0 Å². The van der Waals surface area contributed by atoms with E-state index < -0.39 is 90.0 Å². The Kier molecular flexibility index (Phi) is 20.5. The van der Waals surface area contributed by atoms with E-state index in [-0.39, 0.29) is 55.0 Å². The minimum absolute atomic E-state index is 0.00723. The van der Waals surface area contributed by atoms with Gasteiger partial charge in [0.1, 0.15) is 35.9 Å². The molecule has 7 amide bonds. The van der Waals surface area contributed by atoms with Crippen molar-refractivity contribution in [1.29, 1.82) is 5.41 Å². The van der Waals surface area contributed by atoms with Crippen molar-refractivity contribution >= 4 is 63.8 Å². The number of primary amides is 1. The van der Waals surface area contributed by atoms with Crippen LogP contribution in [0.4, 0.5) is 5.13 Å². The van der Waals surface area contributed by atoms with E-state index in [9.17, 15) is 33.6 Å². The third-order valence-corrected chi connectivity index (χ3v) is 8.82. The fourth-order valence-electron chi connectivity index (χ4n) is 5.08. The van der Waals surface area contributed by atoms with Gasteiger partial charge in [-0.25, -0.2) is 4.98 Å². The van der Waals surface area contributed by atoms with Crippen molar-refractivity contribution in [2.24, 2.45) is 35.0 Å². The van der Waals surface area contributed by atoms with Crippen molar-refractivity contribution < 1.29 is 33.6 Å². The van der Waals surface area contributed by atoms with E-state index in [1.165, 1.54) is 5.38 Å². The normalized spacial score (nSPS) is 14.4. The molecular formula is C33H59N13O7S. The molecule has 0 aliphatic heterocycles. The highest BCUT2D eigenvalue weighted by Gasteiger charge is 2.32. The van der Waals surface area contributed by atoms with Crippen LogP contribution in [-0.4, -0.2) is 102 Å². The van der Waals surface area contributed by atoms with Crippen LogP contribution >= 0.6 is 11.3 Å². The number of nitrogens with one attached hydrogen (secondary N) is 8. The van der Waals surface area contributed by atoms with Crippen LogP contribution in [0.3, 0.4) is 0 Å². The monoisotopic (exact) mass is 781 g/mol. The van der Waals surface area contributed by atoms with Crippen molar-refractivity contribution in [3.8, 4) is 0 Å². The molecule has 0 saturated carbocycles. The predicted molar refractivity (Wildman–Crippen MR) is 204 cm³/mol. The molecule has 21 heteroatoms. The summed E-state index contributed by atoms with van der Waals surface area (Å²) >= 11 is 1.08. The lowest BCUT2D eigenvalue weighted by Crippen LogP contribution is -2.60. The van der Waals surface area contributed by atoms with Gasteiger partial charge in [0.25, 0.3) is 5.91 Å². The van der Waals surface area contributed by atoms with Gasteiger partial charge in [0, 0.05) is 11.9 Å². The van der Waals surface area contributed by atoms with Gasteiger partial charge in [-0.3, -0.25) is 39.0 Å². The number of amides is 7. The molecule has 6 atom stereocenters. The van der Waals surface area contributed by atoms with E-state index in [0.29, 0.717) is 12.8 Å². The maximum atomic E-state index is 13.5. The zero-order valence-corrected chi connectivity index (χ0v) is 32.7. The molecule has 1 aromatic heterocycles. The first-order chi connectivity index (χ1) is 25.3. The number of rotatable bonds is 24. The van der Waals surface area contributed by atoms with Crippen molar-refractivity contribution in [3.05, 3.63) is 11.1 Å². The maximum Gasteiger partial charge on any atom is 0.271 e. The smallest absolute Gasteiger partial charge is 0.271 e. The zero-order valence-electron chi connectivity index (χ0n) is 31.9. The van der Waals surface area contributed by atoms with E-state index in [2.05, 4.69) is 42.2 Å². The molecule has 0 aromatic carbocycles. The molecule has 0 saturated heterocycles. The van der Waals surface area contributed by atoms with Crippen LogP contribution in [-0.2, 0) is 28.8 Å². The number of thiazole rings is 1. The largest absolute Gasteiger partial charge is 0.375 e. The van der Waals surface area contributed by atoms with Gasteiger partial charge in [-0.05, 0) is 50.0 Å². The van der Waals surface area contributed by atoms with Gasteiger partial charge >= 0.3 is 0 Å². The summed E-state index contributed by atoms with van der Waals surface area (Å²) in [6.45, 7) is 10.2. The van der Waals surface area contributed by atoms with Crippen LogP contribution in [0.5, 0.6) is 0 Å². The second-order valence-corrected chi connectivity index (χ2v) is 14.7. The number of nitrogen functional groups attached to an aromatic ring is 1. The molecule has 304 valence electrons. The average Bonchev–Trinajstić information content (AvgIpc) is 3.54. The van der Waals surface area contributed by atoms with Gasteiger partial charge in [-0.2, -0.15) is 0 Å². The van der Waals surface area contributed by atoms with E-state index in [0.717, 1.165) is 11.3 Å². The second kappa shape index (κ2) is 23.6. The molecule has 0 spiro atoms. The summed E-state index contributed by atoms with van der Waals surface area (Å²) in [4.78, 5) is 95.2. The summed E-state index contributed by atoms with van der Waals surface area (Å²) in [5, 5.41) is 27.1. The molecule has 0 radical (unpaired) electrons. The molecule has 16 N–H and O–H groups in total. The molecule has 0 aliphatic rings. The maximum absolute atomic E-state index is 13.5. The topological polar surface area (TPSA) is 345 Å². The molecule has 54 heavy (non-hydrogen) atoms. The third kappa shape index (κ3) is 17.2. The Morgan fingerprint density at radius 3 is 1.83 bits per heavy atom. The van der Waals surface area contributed by atoms with Crippen LogP contribution in [0.15, 0.2) is 5.38 Å². The number of nitrogens with two attached hydrogens (primary N) is 4. The minimum atomic E-state index is -1.37. The Hall–Kier alpha value is -5.05. The quantitative estimate of drug-likeness (QED) is 0.0390. The Bertz CT molecular complexity index is 1450. The van der Waals surface area contributed by atoms with Crippen LogP contribution in [0, 0.1) is 23.2 Å². The highest BCUT2D eigenvalue weighted by molar-refractivity contribution is 7.13. The lowest BCUT2D eigenvalue weighted by Gasteiger charge is -2.27. The van der Waals surface area contributed by atoms with Crippen LogP contribution < -0.4 is 60.2 Å². The summed E-state index contributed by atoms with van der Waals surface area (Å²) in [5.41, 5.74) is 22.1. The van der Waals surface area contributed by atoms with E-state index in [1.54, 1.807) is 6.92 Å². The Morgan fingerprint density at radius 2 is 1.33 bits per heavy atom. The van der Waals surface area contributed by atoms with Gasteiger partial charge in [0.15, 0.2) is 11.1 Å². The first-order valence-electron chi connectivity index (χ1n) is 17.9. The van der Waals surface area contributed by atoms with Crippen molar-refractivity contribution in [2.75, 3.05) is 25.4 Å². The first-order valence-corrected chi connectivity index (χ1v) is 18.7. The van der Waals surface area contributed by atoms with Gasteiger partial charge in [-0.1, -0.05) is 48.0 Å². The molecule has 1 rings (SSSR count). The lowest BCUT2D eigenvalue weighted by atomic mass is 9.96. The summed E-state index contributed by atoms with van der Waals surface area (Å²) in [7, 11) is 0. The van der Waals surface area contributed by atoms with E-state index in [1.807, 2.05) is 34.6 Å². The van der Waals surface area contributed by atoms with Crippen molar-refractivity contribution in [2.45, 2.75) is 104 Å². The number of anilines is 1. The minimum Gasteiger partial charge on any atom is -0.375 e. The van der Waals surface area contributed by atoms with Crippen molar-refractivity contribution in [1.82, 2.24) is 42.2 Å². The number of hydrogen-bond acceptors (Lipinski definition) is 12. The van der Waals surface area contributed by atoms with Gasteiger partial charge in [-0.15, -0.1) is 11.3 Å². The molecule has 20 nitrogen and oxygen atoms in total. The standard InChI is InChI=1S/C33H59N13O7S/c1-7-18(6)25(46-28(50)21(12-17(4)5)44-30(52)23-15-54-33(38)45-23)31(53)39-14-24(47)41-22(13-40-32(36)37)29(51)43-20(11-16(2)3)27(49)42-19(26(35)48)9-8-10-34/h15-22,25H,7-14,34H2,1-6H3,(H2,35,48)(H2,38,45)(H,39,53)(H,41,47)(H,42,49)(H,43,51)(H,44,52)(H,46,50)(H4,36,37,40)/t18?,19-,20-,21-,22-,25-/m0/s1. The number of aromatic nitrogens is 1. The average molecular weight is 782 g/mol. The molecule has 0 bridgehead atoms. The summed E-state index contributed by atoms with van der Waals surface area (Å²) in [6.07, 6.45) is 1.52. The zero-order chi connectivity index (χ0) is 41.1. The third-order valence-electron chi connectivity index (χ3n) is 8.15.